The van der Waals surface area contributed by atoms with Crippen LogP contribution in [0, 0.1) is 19.8 Å². The summed E-state index contributed by atoms with van der Waals surface area (Å²) in [5, 5.41) is 2.82. The number of hydrogen-bond donors (Lipinski definition) is 2. The Kier molecular flexibility index (Phi) is 4.98. The number of rotatable bonds is 5. The number of anilines is 1. The number of nitrogens with one attached hydrogen (secondary N) is 1. The lowest BCUT2D eigenvalue weighted by Gasteiger charge is -2.09. The molecule has 5 heteroatoms. The Labute approximate surface area is 130 Å². The zero-order valence-corrected chi connectivity index (χ0v) is 13.5. The van der Waals surface area contributed by atoms with E-state index in [1.165, 1.54) is 11.8 Å². The molecule has 0 aliphatic heterocycles. The zero-order chi connectivity index (χ0) is 16.3. The smallest absolute Gasteiger partial charge is 0.277 e. The van der Waals surface area contributed by atoms with Crippen LogP contribution in [0.15, 0.2) is 28.9 Å². The number of oxazole rings is 1. The van der Waals surface area contributed by atoms with Crippen molar-refractivity contribution in [1.29, 1.82) is 0 Å². The van der Waals surface area contributed by atoms with E-state index in [-0.39, 0.29) is 17.6 Å². The Bertz CT molecular complexity index is 662. The Morgan fingerprint density at radius 3 is 2.68 bits per heavy atom. The SMILES string of the molecule is Cc1ccc(NC(=O)c2coc(C(N)CC(C)C)n2)cc1C. The Hall–Kier alpha value is -2.14. The van der Waals surface area contributed by atoms with Crippen molar-refractivity contribution in [2.24, 2.45) is 11.7 Å². The highest BCUT2D eigenvalue weighted by Gasteiger charge is 2.18. The number of aromatic nitrogens is 1. The molecule has 1 atom stereocenters. The second-order valence-electron chi connectivity index (χ2n) is 6.06. The lowest BCUT2D eigenvalue weighted by atomic mass is 10.0. The van der Waals surface area contributed by atoms with Crippen molar-refractivity contribution in [3.63, 3.8) is 0 Å². The normalized spacial score (nSPS) is 12.5. The third-order valence-electron chi connectivity index (χ3n) is 3.56. The van der Waals surface area contributed by atoms with Crippen molar-refractivity contribution in [2.75, 3.05) is 5.32 Å². The molecule has 0 bridgehead atoms. The minimum absolute atomic E-state index is 0.243. The number of hydrogen-bond acceptors (Lipinski definition) is 4. The molecule has 0 radical (unpaired) electrons. The monoisotopic (exact) mass is 301 g/mol. The molecular weight excluding hydrogens is 278 g/mol. The van der Waals surface area contributed by atoms with Crippen LogP contribution in [0.1, 0.15) is 53.8 Å². The molecule has 3 N–H and O–H groups in total. The van der Waals surface area contributed by atoms with Gasteiger partial charge in [0, 0.05) is 5.69 Å². The van der Waals surface area contributed by atoms with Gasteiger partial charge in [-0.15, -0.1) is 0 Å². The standard InChI is InChI=1S/C17H23N3O2/c1-10(2)7-14(18)17-20-15(9-22-17)16(21)19-13-6-5-11(3)12(4)8-13/h5-6,8-10,14H,7,18H2,1-4H3,(H,19,21). The molecule has 22 heavy (non-hydrogen) atoms. The maximum atomic E-state index is 12.2. The van der Waals surface area contributed by atoms with Gasteiger partial charge in [0.1, 0.15) is 6.26 Å². The van der Waals surface area contributed by atoms with Crippen molar-refractivity contribution < 1.29 is 9.21 Å². The van der Waals surface area contributed by atoms with Crippen molar-refractivity contribution >= 4 is 11.6 Å². The molecule has 0 saturated heterocycles. The molecule has 5 nitrogen and oxygen atoms in total. The molecule has 0 fully saturated rings. The van der Waals surface area contributed by atoms with Crippen LogP contribution in [0.2, 0.25) is 0 Å². The Morgan fingerprint density at radius 1 is 1.32 bits per heavy atom. The largest absolute Gasteiger partial charge is 0.446 e. The van der Waals surface area contributed by atoms with Gasteiger partial charge in [-0.3, -0.25) is 4.79 Å². The fraction of sp³-hybridized carbons (Fsp3) is 0.412. The molecule has 1 aromatic heterocycles. The highest BCUT2D eigenvalue weighted by molar-refractivity contribution is 6.02. The fourth-order valence-electron chi connectivity index (χ4n) is 2.19. The summed E-state index contributed by atoms with van der Waals surface area (Å²) >= 11 is 0. The number of nitrogens with two attached hydrogens (primary N) is 1. The minimum Gasteiger partial charge on any atom is -0.446 e. The van der Waals surface area contributed by atoms with E-state index in [0.29, 0.717) is 11.8 Å². The first-order chi connectivity index (χ1) is 10.4. The molecule has 1 amide bonds. The van der Waals surface area contributed by atoms with E-state index in [2.05, 4.69) is 24.1 Å². The molecule has 2 aromatic rings. The van der Waals surface area contributed by atoms with E-state index in [1.807, 2.05) is 32.0 Å². The predicted molar refractivity (Wildman–Crippen MR) is 86.8 cm³/mol. The van der Waals surface area contributed by atoms with Crippen LogP contribution >= 0.6 is 0 Å². The van der Waals surface area contributed by atoms with Gasteiger partial charge in [-0.05, 0) is 49.4 Å². The van der Waals surface area contributed by atoms with E-state index in [9.17, 15) is 4.79 Å². The summed E-state index contributed by atoms with van der Waals surface area (Å²) in [5.74, 6) is 0.545. The average Bonchev–Trinajstić information content (AvgIpc) is 2.92. The number of benzene rings is 1. The first kappa shape index (κ1) is 16.2. The van der Waals surface area contributed by atoms with Crippen LogP contribution in [-0.2, 0) is 0 Å². The van der Waals surface area contributed by atoms with Crippen molar-refractivity contribution in [3.05, 3.63) is 47.2 Å². The van der Waals surface area contributed by atoms with Gasteiger partial charge in [-0.2, -0.15) is 0 Å². The van der Waals surface area contributed by atoms with Gasteiger partial charge >= 0.3 is 0 Å². The van der Waals surface area contributed by atoms with Gasteiger partial charge in [0.05, 0.1) is 6.04 Å². The van der Waals surface area contributed by atoms with Gasteiger partial charge in [0.2, 0.25) is 5.89 Å². The molecule has 2 rings (SSSR count). The minimum atomic E-state index is -0.296. The molecule has 0 spiro atoms. The lowest BCUT2D eigenvalue weighted by molar-refractivity contribution is 0.102. The zero-order valence-electron chi connectivity index (χ0n) is 13.5. The number of carbonyl (C=O) groups is 1. The molecule has 1 aromatic carbocycles. The summed E-state index contributed by atoms with van der Waals surface area (Å²) in [5.41, 5.74) is 9.30. The van der Waals surface area contributed by atoms with E-state index in [1.54, 1.807) is 0 Å². The fourth-order valence-corrected chi connectivity index (χ4v) is 2.19. The first-order valence-electron chi connectivity index (χ1n) is 7.46. The third-order valence-corrected chi connectivity index (χ3v) is 3.56. The van der Waals surface area contributed by atoms with Crippen LogP contribution < -0.4 is 11.1 Å². The van der Waals surface area contributed by atoms with Crippen molar-refractivity contribution in [1.82, 2.24) is 4.98 Å². The number of carbonyl (C=O) groups excluding carboxylic acids is 1. The van der Waals surface area contributed by atoms with Gasteiger partial charge in [0.15, 0.2) is 5.69 Å². The van der Waals surface area contributed by atoms with Crippen LogP contribution in [0.5, 0.6) is 0 Å². The van der Waals surface area contributed by atoms with Gasteiger partial charge < -0.3 is 15.5 Å². The second-order valence-corrected chi connectivity index (χ2v) is 6.06. The topological polar surface area (TPSA) is 81.2 Å². The lowest BCUT2D eigenvalue weighted by Crippen LogP contribution is -2.15. The van der Waals surface area contributed by atoms with E-state index >= 15 is 0 Å². The van der Waals surface area contributed by atoms with E-state index in [0.717, 1.165) is 17.7 Å². The summed E-state index contributed by atoms with van der Waals surface area (Å²) in [4.78, 5) is 16.4. The summed E-state index contributed by atoms with van der Waals surface area (Å²) in [7, 11) is 0. The van der Waals surface area contributed by atoms with Crippen LogP contribution in [0.25, 0.3) is 0 Å². The second kappa shape index (κ2) is 6.75. The van der Waals surface area contributed by atoms with Crippen LogP contribution in [0.3, 0.4) is 0 Å². The van der Waals surface area contributed by atoms with Crippen molar-refractivity contribution in [3.8, 4) is 0 Å². The van der Waals surface area contributed by atoms with Crippen LogP contribution in [0.4, 0.5) is 5.69 Å². The summed E-state index contributed by atoms with van der Waals surface area (Å²) in [6.07, 6.45) is 2.12. The maximum absolute atomic E-state index is 12.2. The molecule has 118 valence electrons. The summed E-state index contributed by atoms with van der Waals surface area (Å²) < 4.78 is 5.33. The molecule has 1 unspecified atom stereocenters. The Morgan fingerprint density at radius 2 is 2.05 bits per heavy atom. The third kappa shape index (κ3) is 3.95. The molecule has 1 heterocycles. The average molecular weight is 301 g/mol. The highest BCUT2D eigenvalue weighted by atomic mass is 16.3. The molecular formula is C17H23N3O2. The van der Waals surface area contributed by atoms with E-state index < -0.39 is 0 Å². The predicted octanol–water partition coefficient (Wildman–Crippen LogP) is 3.59. The number of amides is 1. The molecule has 0 aliphatic carbocycles. The van der Waals surface area contributed by atoms with Gasteiger partial charge in [0.25, 0.3) is 5.91 Å². The summed E-state index contributed by atoms with van der Waals surface area (Å²) in [6, 6.07) is 5.48. The van der Waals surface area contributed by atoms with Gasteiger partial charge in [-0.1, -0.05) is 19.9 Å². The molecule has 0 saturated carbocycles. The number of nitrogens with zero attached hydrogens (tertiary/aromatic N) is 1. The summed E-state index contributed by atoms with van der Waals surface area (Å²) in [6.45, 7) is 8.19. The quantitative estimate of drug-likeness (QED) is 0.884. The highest BCUT2D eigenvalue weighted by Crippen LogP contribution is 2.19. The Balaban J connectivity index is 2.07. The number of aryl methyl sites for hydroxylation is 2. The molecule has 0 aliphatic rings. The van der Waals surface area contributed by atoms with Crippen LogP contribution in [-0.4, -0.2) is 10.9 Å². The maximum Gasteiger partial charge on any atom is 0.277 e. The van der Waals surface area contributed by atoms with E-state index in [4.69, 9.17) is 10.2 Å². The van der Waals surface area contributed by atoms with Gasteiger partial charge in [-0.25, -0.2) is 4.98 Å². The first-order valence-corrected chi connectivity index (χ1v) is 7.46. The van der Waals surface area contributed by atoms with Crippen molar-refractivity contribution in [2.45, 2.75) is 40.2 Å².